The van der Waals surface area contributed by atoms with Crippen LogP contribution in [0.25, 0.3) is 0 Å². The minimum absolute atomic E-state index is 0.117. The molecule has 1 unspecified atom stereocenters. The summed E-state index contributed by atoms with van der Waals surface area (Å²) in [4.78, 5) is 0. The SMILES string of the molecule is CCCCc1ccc(C(N)c2cc(Cl)ccc2C)cc1. The van der Waals surface area contributed by atoms with Crippen LogP contribution in [0.5, 0.6) is 0 Å². The second-order valence-corrected chi connectivity index (χ2v) is 5.76. The molecule has 0 spiro atoms. The molecule has 2 aromatic carbocycles. The van der Waals surface area contributed by atoms with Crippen LogP contribution in [-0.4, -0.2) is 0 Å². The lowest BCUT2D eigenvalue weighted by atomic mass is 9.94. The lowest BCUT2D eigenvalue weighted by Crippen LogP contribution is -2.13. The topological polar surface area (TPSA) is 26.0 Å². The van der Waals surface area contributed by atoms with Crippen molar-refractivity contribution in [1.29, 1.82) is 0 Å². The number of rotatable bonds is 5. The summed E-state index contributed by atoms with van der Waals surface area (Å²) in [6, 6.07) is 14.4. The van der Waals surface area contributed by atoms with E-state index in [0.717, 1.165) is 22.6 Å². The fraction of sp³-hybridized carbons (Fsp3) is 0.333. The predicted octanol–water partition coefficient (Wildman–Crippen LogP) is 5.04. The summed E-state index contributed by atoms with van der Waals surface area (Å²) in [5.74, 6) is 0. The summed E-state index contributed by atoms with van der Waals surface area (Å²) in [6.45, 7) is 4.29. The number of nitrogens with two attached hydrogens (primary N) is 1. The van der Waals surface area contributed by atoms with Crippen molar-refractivity contribution in [3.63, 3.8) is 0 Å². The maximum absolute atomic E-state index is 6.38. The molecule has 1 nitrogen and oxygen atoms in total. The van der Waals surface area contributed by atoms with Crippen LogP contribution in [0, 0.1) is 6.92 Å². The Kier molecular flexibility index (Phi) is 5.22. The zero-order valence-electron chi connectivity index (χ0n) is 12.2. The molecule has 0 aliphatic carbocycles. The zero-order chi connectivity index (χ0) is 14.5. The molecular formula is C18H22ClN. The number of unbranched alkanes of at least 4 members (excludes halogenated alkanes) is 1. The van der Waals surface area contributed by atoms with Crippen molar-refractivity contribution in [2.75, 3.05) is 0 Å². The van der Waals surface area contributed by atoms with E-state index in [1.165, 1.54) is 24.0 Å². The minimum atomic E-state index is -0.117. The molecule has 2 heteroatoms. The minimum Gasteiger partial charge on any atom is -0.320 e. The summed E-state index contributed by atoms with van der Waals surface area (Å²) >= 11 is 6.08. The number of aryl methyl sites for hydroxylation is 2. The van der Waals surface area contributed by atoms with Gasteiger partial charge >= 0.3 is 0 Å². The van der Waals surface area contributed by atoms with E-state index in [0.29, 0.717) is 0 Å². The normalized spacial score (nSPS) is 12.4. The Morgan fingerprint density at radius 1 is 1.10 bits per heavy atom. The standard InChI is InChI=1S/C18H22ClN/c1-3-4-5-14-7-9-15(10-8-14)18(20)17-12-16(19)11-6-13(17)2/h6-12,18H,3-5,20H2,1-2H3. The monoisotopic (exact) mass is 287 g/mol. The fourth-order valence-electron chi connectivity index (χ4n) is 2.40. The molecule has 0 heterocycles. The van der Waals surface area contributed by atoms with Gasteiger partial charge in [-0.05, 0) is 54.2 Å². The summed E-state index contributed by atoms with van der Waals surface area (Å²) < 4.78 is 0. The van der Waals surface area contributed by atoms with Crippen molar-refractivity contribution in [3.05, 3.63) is 69.7 Å². The van der Waals surface area contributed by atoms with Gasteiger partial charge in [0.05, 0.1) is 6.04 Å². The molecule has 0 aliphatic rings. The molecule has 0 fully saturated rings. The highest BCUT2D eigenvalue weighted by molar-refractivity contribution is 6.30. The van der Waals surface area contributed by atoms with Crippen LogP contribution in [-0.2, 0) is 6.42 Å². The quantitative estimate of drug-likeness (QED) is 0.819. The summed E-state index contributed by atoms with van der Waals surface area (Å²) in [7, 11) is 0. The fourth-order valence-corrected chi connectivity index (χ4v) is 2.58. The van der Waals surface area contributed by atoms with Crippen molar-refractivity contribution < 1.29 is 0 Å². The van der Waals surface area contributed by atoms with Crippen LogP contribution in [0.2, 0.25) is 5.02 Å². The van der Waals surface area contributed by atoms with Crippen LogP contribution < -0.4 is 5.73 Å². The Morgan fingerprint density at radius 2 is 1.80 bits per heavy atom. The molecule has 0 aliphatic heterocycles. The Hall–Kier alpha value is -1.31. The van der Waals surface area contributed by atoms with Gasteiger partial charge in [-0.25, -0.2) is 0 Å². The highest BCUT2D eigenvalue weighted by Crippen LogP contribution is 2.26. The van der Waals surface area contributed by atoms with E-state index in [1.807, 2.05) is 18.2 Å². The average Bonchev–Trinajstić information content (AvgIpc) is 2.47. The van der Waals surface area contributed by atoms with E-state index in [4.69, 9.17) is 17.3 Å². The Labute approximate surface area is 126 Å². The van der Waals surface area contributed by atoms with Crippen molar-refractivity contribution in [2.45, 2.75) is 39.2 Å². The average molecular weight is 288 g/mol. The van der Waals surface area contributed by atoms with Crippen LogP contribution >= 0.6 is 11.6 Å². The lowest BCUT2D eigenvalue weighted by molar-refractivity contribution is 0.793. The molecule has 0 amide bonds. The van der Waals surface area contributed by atoms with Gasteiger partial charge in [-0.2, -0.15) is 0 Å². The molecule has 0 bridgehead atoms. The third kappa shape index (κ3) is 3.62. The first kappa shape index (κ1) is 15.1. The van der Waals surface area contributed by atoms with E-state index < -0.39 is 0 Å². The molecule has 2 rings (SSSR count). The molecular weight excluding hydrogens is 266 g/mol. The van der Waals surface area contributed by atoms with E-state index in [-0.39, 0.29) is 6.04 Å². The summed E-state index contributed by atoms with van der Waals surface area (Å²) in [5.41, 5.74) is 11.2. The Balaban J connectivity index is 2.20. The first-order valence-electron chi connectivity index (χ1n) is 7.22. The number of halogens is 1. The van der Waals surface area contributed by atoms with Crippen LogP contribution in [0.4, 0.5) is 0 Å². The lowest BCUT2D eigenvalue weighted by Gasteiger charge is -2.16. The second-order valence-electron chi connectivity index (χ2n) is 5.32. The van der Waals surface area contributed by atoms with Gasteiger partial charge in [0.2, 0.25) is 0 Å². The predicted molar refractivity (Wildman–Crippen MR) is 87.3 cm³/mol. The maximum Gasteiger partial charge on any atom is 0.0554 e. The highest BCUT2D eigenvalue weighted by atomic mass is 35.5. The first-order chi connectivity index (χ1) is 9.61. The van der Waals surface area contributed by atoms with Crippen LogP contribution in [0.15, 0.2) is 42.5 Å². The summed E-state index contributed by atoms with van der Waals surface area (Å²) in [5, 5.41) is 0.737. The van der Waals surface area contributed by atoms with Gasteiger partial charge in [-0.1, -0.05) is 55.3 Å². The first-order valence-corrected chi connectivity index (χ1v) is 7.60. The molecule has 0 saturated heterocycles. The van der Waals surface area contributed by atoms with Gasteiger partial charge in [0, 0.05) is 5.02 Å². The molecule has 20 heavy (non-hydrogen) atoms. The van der Waals surface area contributed by atoms with Crippen molar-refractivity contribution in [1.82, 2.24) is 0 Å². The number of hydrogen-bond acceptors (Lipinski definition) is 1. The largest absolute Gasteiger partial charge is 0.320 e. The number of benzene rings is 2. The van der Waals surface area contributed by atoms with Crippen LogP contribution in [0.3, 0.4) is 0 Å². The van der Waals surface area contributed by atoms with Crippen molar-refractivity contribution >= 4 is 11.6 Å². The summed E-state index contributed by atoms with van der Waals surface area (Å²) in [6.07, 6.45) is 3.60. The molecule has 0 radical (unpaired) electrons. The maximum atomic E-state index is 6.38. The van der Waals surface area contributed by atoms with Crippen molar-refractivity contribution in [3.8, 4) is 0 Å². The van der Waals surface area contributed by atoms with Gasteiger partial charge in [-0.3, -0.25) is 0 Å². The third-order valence-electron chi connectivity index (χ3n) is 3.73. The highest BCUT2D eigenvalue weighted by Gasteiger charge is 2.11. The van der Waals surface area contributed by atoms with Gasteiger partial charge in [0.25, 0.3) is 0 Å². The Bertz CT molecular complexity index is 560. The molecule has 0 saturated carbocycles. The number of hydrogen-bond donors (Lipinski definition) is 1. The third-order valence-corrected chi connectivity index (χ3v) is 3.97. The van der Waals surface area contributed by atoms with Gasteiger partial charge in [-0.15, -0.1) is 0 Å². The zero-order valence-corrected chi connectivity index (χ0v) is 13.0. The van der Waals surface area contributed by atoms with Crippen LogP contribution in [0.1, 0.15) is 48.1 Å². The van der Waals surface area contributed by atoms with E-state index in [2.05, 4.69) is 38.1 Å². The molecule has 2 aromatic rings. The smallest absolute Gasteiger partial charge is 0.0554 e. The molecule has 1 atom stereocenters. The van der Waals surface area contributed by atoms with E-state index >= 15 is 0 Å². The molecule has 2 N–H and O–H groups in total. The van der Waals surface area contributed by atoms with Gasteiger partial charge in [0.1, 0.15) is 0 Å². The second kappa shape index (κ2) is 6.92. The van der Waals surface area contributed by atoms with E-state index in [1.54, 1.807) is 0 Å². The molecule has 0 aromatic heterocycles. The Morgan fingerprint density at radius 3 is 2.45 bits per heavy atom. The van der Waals surface area contributed by atoms with Gasteiger partial charge in [0.15, 0.2) is 0 Å². The van der Waals surface area contributed by atoms with E-state index in [9.17, 15) is 0 Å². The molecule has 106 valence electrons. The van der Waals surface area contributed by atoms with Crippen molar-refractivity contribution in [2.24, 2.45) is 5.73 Å². The van der Waals surface area contributed by atoms with Gasteiger partial charge < -0.3 is 5.73 Å².